The Balaban J connectivity index is 1.41. The number of hydrogen-bond donors (Lipinski definition) is 1. The average Bonchev–Trinajstić information content (AvgIpc) is 2.84. The topological polar surface area (TPSA) is 71.5 Å². The van der Waals surface area contributed by atoms with Crippen LogP contribution in [0.3, 0.4) is 0 Å². The molecule has 1 aromatic carbocycles. The maximum Gasteiger partial charge on any atom is 0.308 e. The van der Waals surface area contributed by atoms with Gasteiger partial charge < -0.3 is 15.0 Å². The first-order chi connectivity index (χ1) is 16.5. The Morgan fingerprint density at radius 2 is 2.18 bits per heavy atom. The van der Waals surface area contributed by atoms with Gasteiger partial charge in [-0.05, 0) is 81.2 Å². The monoisotopic (exact) mass is 467 g/mol. The summed E-state index contributed by atoms with van der Waals surface area (Å²) >= 11 is 0. The quantitative estimate of drug-likeness (QED) is 0.535. The number of aryl methyl sites for hydroxylation is 2. The number of fused-ring (bicyclic) bond motifs is 1. The van der Waals surface area contributed by atoms with E-state index in [4.69, 9.17) is 9.72 Å². The van der Waals surface area contributed by atoms with Crippen LogP contribution in [0.25, 0.3) is 0 Å². The molecule has 0 aliphatic carbocycles. The van der Waals surface area contributed by atoms with Crippen molar-refractivity contribution in [3.8, 4) is 0 Å². The molecule has 2 atom stereocenters. The Morgan fingerprint density at radius 1 is 1.29 bits per heavy atom. The number of esters is 1. The van der Waals surface area contributed by atoms with Gasteiger partial charge in [0.15, 0.2) is 0 Å². The van der Waals surface area contributed by atoms with Crippen LogP contribution in [-0.4, -0.2) is 41.5 Å². The van der Waals surface area contributed by atoms with Gasteiger partial charge in [0.25, 0.3) is 0 Å². The summed E-state index contributed by atoms with van der Waals surface area (Å²) in [6.45, 7) is 3.56. The van der Waals surface area contributed by atoms with Crippen molar-refractivity contribution < 1.29 is 18.7 Å². The minimum Gasteiger partial charge on any atom is -0.466 e. The van der Waals surface area contributed by atoms with Crippen LogP contribution in [0.4, 0.5) is 10.2 Å². The lowest BCUT2D eigenvalue weighted by Gasteiger charge is -2.38. The number of aromatic nitrogens is 1. The van der Waals surface area contributed by atoms with Gasteiger partial charge in [-0.15, -0.1) is 0 Å². The van der Waals surface area contributed by atoms with Crippen LogP contribution < -0.4 is 5.32 Å². The predicted octanol–water partition coefficient (Wildman–Crippen LogP) is 4.83. The fraction of sp³-hybridized carbons (Fsp3) is 0.519. The number of nitrogens with zero attached hydrogens (tertiary/aromatic N) is 2. The molecule has 3 heterocycles. The van der Waals surface area contributed by atoms with Crippen molar-refractivity contribution >= 4 is 17.7 Å². The summed E-state index contributed by atoms with van der Waals surface area (Å²) in [5.41, 5.74) is 2.96. The van der Waals surface area contributed by atoms with Gasteiger partial charge in [0.2, 0.25) is 5.91 Å². The number of ether oxygens (including phenoxy) is 1. The van der Waals surface area contributed by atoms with E-state index in [9.17, 15) is 14.0 Å². The number of benzene rings is 1. The van der Waals surface area contributed by atoms with Crippen LogP contribution in [0, 0.1) is 11.7 Å². The van der Waals surface area contributed by atoms with E-state index in [1.54, 1.807) is 24.0 Å². The molecule has 2 aliphatic rings. The third kappa shape index (κ3) is 5.93. The van der Waals surface area contributed by atoms with E-state index in [1.165, 1.54) is 17.7 Å². The summed E-state index contributed by atoms with van der Waals surface area (Å²) < 4.78 is 19.1. The Hall–Kier alpha value is -2.96. The molecule has 1 saturated heterocycles. The number of piperidine rings is 1. The SMILES string of the molecule is CCOC(=O)C[C@@H](c1cccc(F)c1)N1CCCC(CCCc2ccc3c(n2)NCCC3)C1=O. The van der Waals surface area contributed by atoms with E-state index < -0.39 is 6.04 Å². The number of rotatable bonds is 9. The van der Waals surface area contributed by atoms with Crippen LogP contribution in [0.2, 0.25) is 0 Å². The molecule has 182 valence electrons. The van der Waals surface area contributed by atoms with Crippen LogP contribution >= 0.6 is 0 Å². The van der Waals surface area contributed by atoms with E-state index >= 15 is 0 Å². The van der Waals surface area contributed by atoms with Gasteiger partial charge in [-0.25, -0.2) is 9.37 Å². The number of carbonyl (C=O) groups is 2. The fourth-order valence-corrected chi connectivity index (χ4v) is 5.09. The molecule has 1 fully saturated rings. The highest BCUT2D eigenvalue weighted by Gasteiger charge is 2.35. The van der Waals surface area contributed by atoms with Crippen molar-refractivity contribution in [1.29, 1.82) is 0 Å². The smallest absolute Gasteiger partial charge is 0.308 e. The number of amides is 1. The van der Waals surface area contributed by atoms with E-state index in [-0.39, 0.29) is 36.6 Å². The molecule has 6 nitrogen and oxygen atoms in total. The molecule has 0 bridgehead atoms. The van der Waals surface area contributed by atoms with Gasteiger partial charge in [-0.3, -0.25) is 9.59 Å². The summed E-state index contributed by atoms with van der Waals surface area (Å²) in [7, 11) is 0. The lowest BCUT2D eigenvalue weighted by molar-refractivity contribution is -0.148. The molecule has 4 rings (SSSR count). The van der Waals surface area contributed by atoms with Crippen molar-refractivity contribution in [2.45, 2.75) is 64.3 Å². The highest BCUT2D eigenvalue weighted by molar-refractivity contribution is 5.81. The van der Waals surface area contributed by atoms with Gasteiger partial charge in [0.05, 0.1) is 19.1 Å². The lowest BCUT2D eigenvalue weighted by atomic mass is 9.89. The number of halogens is 1. The lowest BCUT2D eigenvalue weighted by Crippen LogP contribution is -2.44. The second-order valence-corrected chi connectivity index (χ2v) is 9.18. The Morgan fingerprint density at radius 3 is 3.00 bits per heavy atom. The molecule has 1 unspecified atom stereocenters. The largest absolute Gasteiger partial charge is 0.466 e. The second kappa shape index (κ2) is 11.4. The summed E-state index contributed by atoms with van der Waals surface area (Å²) in [6.07, 6.45) is 6.42. The van der Waals surface area contributed by atoms with Crippen molar-refractivity contribution in [2.75, 3.05) is 25.0 Å². The molecule has 2 aromatic rings. The third-order valence-corrected chi connectivity index (χ3v) is 6.80. The van der Waals surface area contributed by atoms with E-state index in [0.29, 0.717) is 12.1 Å². The van der Waals surface area contributed by atoms with Crippen LogP contribution in [0.1, 0.15) is 68.3 Å². The maximum atomic E-state index is 14.0. The predicted molar refractivity (Wildman–Crippen MR) is 129 cm³/mol. The molecule has 2 aliphatic heterocycles. The standard InChI is InChI=1S/C27H34FN3O3/c1-2-34-25(32)18-24(21-8-3-11-22(28)17-21)31-16-6-10-20(27(31)33)7-4-12-23-14-13-19-9-5-15-29-26(19)30-23/h3,8,11,13-14,17,20,24H,2,4-7,9-10,12,15-16,18H2,1H3,(H,29,30)/t20?,24-/m0/s1. The van der Waals surface area contributed by atoms with Crippen molar-refractivity contribution in [1.82, 2.24) is 9.88 Å². The van der Waals surface area contributed by atoms with Crippen LogP contribution in [0.5, 0.6) is 0 Å². The first-order valence-electron chi connectivity index (χ1n) is 12.5. The molecule has 1 amide bonds. The molecule has 0 spiro atoms. The van der Waals surface area contributed by atoms with Crippen molar-refractivity contribution in [3.63, 3.8) is 0 Å². The van der Waals surface area contributed by atoms with Gasteiger partial charge in [-0.1, -0.05) is 18.2 Å². The van der Waals surface area contributed by atoms with E-state index in [1.807, 2.05) is 0 Å². The van der Waals surface area contributed by atoms with Gasteiger partial charge in [0.1, 0.15) is 11.6 Å². The zero-order valence-electron chi connectivity index (χ0n) is 19.9. The Bertz CT molecular complexity index is 1010. The molecular weight excluding hydrogens is 433 g/mol. The fourth-order valence-electron chi connectivity index (χ4n) is 5.09. The molecule has 1 aromatic heterocycles. The number of hydrogen-bond acceptors (Lipinski definition) is 5. The minimum atomic E-state index is -0.515. The summed E-state index contributed by atoms with van der Waals surface area (Å²) in [5.74, 6) is 0.200. The van der Waals surface area contributed by atoms with E-state index in [2.05, 4.69) is 17.4 Å². The van der Waals surface area contributed by atoms with Crippen molar-refractivity contribution in [3.05, 3.63) is 59.0 Å². The molecule has 34 heavy (non-hydrogen) atoms. The molecule has 1 N–H and O–H groups in total. The average molecular weight is 468 g/mol. The zero-order valence-corrected chi connectivity index (χ0v) is 19.9. The van der Waals surface area contributed by atoms with Gasteiger partial charge in [0, 0.05) is 24.7 Å². The number of nitrogens with one attached hydrogen (secondary N) is 1. The summed E-state index contributed by atoms with van der Waals surface area (Å²) in [5, 5.41) is 3.38. The van der Waals surface area contributed by atoms with Crippen LogP contribution in [-0.2, 0) is 27.2 Å². The highest BCUT2D eigenvalue weighted by atomic mass is 19.1. The summed E-state index contributed by atoms with van der Waals surface area (Å²) in [4.78, 5) is 32.3. The Labute approximate surface area is 200 Å². The van der Waals surface area contributed by atoms with Crippen molar-refractivity contribution in [2.24, 2.45) is 5.92 Å². The molecule has 0 saturated carbocycles. The minimum absolute atomic E-state index is 0.0296. The van der Waals surface area contributed by atoms with Gasteiger partial charge in [-0.2, -0.15) is 0 Å². The van der Waals surface area contributed by atoms with Gasteiger partial charge >= 0.3 is 5.97 Å². The number of likely N-dealkylation sites (tertiary alicyclic amines) is 1. The molecule has 7 heteroatoms. The molecule has 0 radical (unpaired) electrons. The first kappa shape index (κ1) is 24.2. The Kier molecular flexibility index (Phi) is 8.14. The normalized spacial score (nSPS) is 18.7. The maximum absolute atomic E-state index is 14.0. The first-order valence-corrected chi connectivity index (χ1v) is 12.5. The van der Waals surface area contributed by atoms with Crippen LogP contribution in [0.15, 0.2) is 36.4 Å². The number of carbonyl (C=O) groups excluding carboxylic acids is 2. The highest BCUT2D eigenvalue weighted by Crippen LogP contribution is 2.33. The second-order valence-electron chi connectivity index (χ2n) is 9.18. The summed E-state index contributed by atoms with van der Waals surface area (Å²) in [6, 6.07) is 9.93. The molecular formula is C27H34FN3O3. The number of pyridine rings is 1. The number of anilines is 1. The zero-order chi connectivity index (χ0) is 23.9. The van der Waals surface area contributed by atoms with E-state index in [0.717, 1.165) is 63.0 Å². The third-order valence-electron chi connectivity index (χ3n) is 6.80.